The van der Waals surface area contributed by atoms with Gasteiger partial charge in [-0.2, -0.15) is 0 Å². The number of aliphatic hydroxyl groups excluding tert-OH is 1. The van der Waals surface area contributed by atoms with Crippen LogP contribution in [-0.2, 0) is 6.54 Å². The summed E-state index contributed by atoms with van der Waals surface area (Å²) in [6.07, 6.45) is 0.571. The molecule has 1 aromatic carbocycles. The third kappa shape index (κ3) is 4.01. The van der Waals surface area contributed by atoms with E-state index >= 15 is 0 Å². The largest absolute Gasteiger partial charge is 0.497 e. The highest BCUT2D eigenvalue weighted by Gasteiger charge is 2.34. The van der Waals surface area contributed by atoms with Gasteiger partial charge in [0, 0.05) is 43.9 Å². The molecule has 2 aliphatic heterocycles. The van der Waals surface area contributed by atoms with Gasteiger partial charge in [0.2, 0.25) is 0 Å². The SMILES string of the molecule is COc1ccc(OC[C@H](O)CN2C[C@H]3C[C@H](C2)c2cccc(=O)n2C3)cc1. The zero-order valence-electron chi connectivity index (χ0n) is 15.6. The normalized spacial score (nSPS) is 22.7. The van der Waals surface area contributed by atoms with Gasteiger partial charge < -0.3 is 19.1 Å². The molecule has 1 fully saturated rings. The lowest BCUT2D eigenvalue weighted by molar-refractivity contribution is 0.0384. The maximum atomic E-state index is 12.1. The number of methoxy groups -OCH3 is 1. The Morgan fingerprint density at radius 3 is 2.67 bits per heavy atom. The molecule has 4 rings (SSSR count). The molecule has 0 saturated carbocycles. The number of pyridine rings is 1. The molecule has 3 atom stereocenters. The van der Waals surface area contributed by atoms with Crippen molar-refractivity contribution in [1.82, 2.24) is 9.47 Å². The van der Waals surface area contributed by atoms with Gasteiger partial charge in [0.15, 0.2) is 0 Å². The molecule has 1 saturated heterocycles. The second kappa shape index (κ2) is 7.74. The van der Waals surface area contributed by atoms with E-state index in [1.807, 2.05) is 34.9 Å². The fraction of sp³-hybridized carbons (Fsp3) is 0.476. The average molecular weight is 370 g/mol. The number of nitrogens with zero attached hydrogens (tertiary/aromatic N) is 2. The molecule has 6 nitrogen and oxygen atoms in total. The molecule has 2 aliphatic rings. The molecule has 0 spiro atoms. The standard InChI is InChI=1S/C21H26N2O4/c1-26-18-5-7-19(8-6-18)27-14-17(24)13-22-10-15-9-16(12-22)20-3-2-4-21(25)23(20)11-15/h2-8,15-17,24H,9-14H2,1H3/t15-,16-,17-/m1/s1. The van der Waals surface area contributed by atoms with Gasteiger partial charge in [-0.3, -0.25) is 9.69 Å². The zero-order valence-corrected chi connectivity index (χ0v) is 15.6. The lowest BCUT2D eigenvalue weighted by Gasteiger charge is -2.43. The van der Waals surface area contributed by atoms with E-state index in [1.165, 1.54) is 0 Å². The minimum Gasteiger partial charge on any atom is -0.497 e. The third-order valence-corrected chi connectivity index (χ3v) is 5.53. The molecule has 0 radical (unpaired) electrons. The Bertz CT molecular complexity index is 833. The first-order valence-electron chi connectivity index (χ1n) is 9.49. The molecular formula is C21H26N2O4. The highest BCUT2D eigenvalue weighted by Crippen LogP contribution is 2.34. The molecule has 0 unspecified atom stereocenters. The minimum absolute atomic E-state index is 0.101. The number of benzene rings is 1. The number of likely N-dealkylation sites (tertiary alicyclic amines) is 1. The smallest absolute Gasteiger partial charge is 0.250 e. The van der Waals surface area contributed by atoms with Crippen LogP contribution in [-0.4, -0.2) is 54.0 Å². The number of fused-ring (bicyclic) bond motifs is 4. The topological polar surface area (TPSA) is 63.9 Å². The fourth-order valence-electron chi connectivity index (χ4n) is 4.36. The minimum atomic E-state index is -0.552. The summed E-state index contributed by atoms with van der Waals surface area (Å²) in [4.78, 5) is 14.4. The Kier molecular flexibility index (Phi) is 5.18. The molecule has 6 heteroatoms. The maximum Gasteiger partial charge on any atom is 0.250 e. The highest BCUT2D eigenvalue weighted by atomic mass is 16.5. The number of hydrogen-bond donors (Lipinski definition) is 1. The first-order valence-corrected chi connectivity index (χ1v) is 9.49. The molecule has 1 aromatic heterocycles. The molecule has 0 aliphatic carbocycles. The Balaban J connectivity index is 1.33. The average Bonchev–Trinajstić information content (AvgIpc) is 2.67. The molecule has 27 heavy (non-hydrogen) atoms. The van der Waals surface area contributed by atoms with Crippen LogP contribution < -0.4 is 15.0 Å². The van der Waals surface area contributed by atoms with E-state index in [0.717, 1.165) is 43.2 Å². The van der Waals surface area contributed by atoms with Crippen LogP contribution in [0.15, 0.2) is 47.3 Å². The number of piperidine rings is 1. The summed E-state index contributed by atoms with van der Waals surface area (Å²) in [6, 6.07) is 12.9. The number of aliphatic hydroxyl groups is 1. The van der Waals surface area contributed by atoms with Crippen LogP contribution in [0, 0.1) is 5.92 Å². The number of aromatic nitrogens is 1. The molecule has 2 aromatic rings. The first kappa shape index (κ1) is 18.1. The van der Waals surface area contributed by atoms with E-state index in [4.69, 9.17) is 9.47 Å². The Hall–Kier alpha value is -2.31. The zero-order chi connectivity index (χ0) is 18.8. The van der Waals surface area contributed by atoms with Gasteiger partial charge in [0.05, 0.1) is 7.11 Å². The number of ether oxygens (including phenoxy) is 2. The summed E-state index contributed by atoms with van der Waals surface area (Å²) in [7, 11) is 1.63. The van der Waals surface area contributed by atoms with Crippen LogP contribution in [0.4, 0.5) is 0 Å². The first-order chi connectivity index (χ1) is 13.1. The van der Waals surface area contributed by atoms with Crippen molar-refractivity contribution in [3.63, 3.8) is 0 Å². The van der Waals surface area contributed by atoms with Crippen molar-refractivity contribution in [2.45, 2.75) is 25.0 Å². The van der Waals surface area contributed by atoms with E-state index < -0.39 is 6.10 Å². The van der Waals surface area contributed by atoms with Crippen molar-refractivity contribution in [2.75, 3.05) is 33.4 Å². The predicted molar refractivity (Wildman–Crippen MR) is 102 cm³/mol. The van der Waals surface area contributed by atoms with Crippen molar-refractivity contribution in [1.29, 1.82) is 0 Å². The van der Waals surface area contributed by atoms with Gasteiger partial charge in [-0.15, -0.1) is 0 Å². The molecule has 144 valence electrons. The van der Waals surface area contributed by atoms with E-state index in [1.54, 1.807) is 13.2 Å². The number of β-amino-alcohol motifs (C(OH)–C–C–N with tert-alkyl or cyclic N) is 1. The molecule has 2 bridgehead atoms. The Morgan fingerprint density at radius 2 is 1.89 bits per heavy atom. The van der Waals surface area contributed by atoms with Gasteiger partial charge in [0.1, 0.15) is 24.2 Å². The van der Waals surface area contributed by atoms with Gasteiger partial charge in [-0.25, -0.2) is 0 Å². The van der Waals surface area contributed by atoms with E-state index in [9.17, 15) is 9.90 Å². The fourth-order valence-corrected chi connectivity index (χ4v) is 4.36. The monoisotopic (exact) mass is 370 g/mol. The third-order valence-electron chi connectivity index (χ3n) is 5.53. The molecule has 0 amide bonds. The van der Waals surface area contributed by atoms with Crippen molar-refractivity contribution in [2.24, 2.45) is 5.92 Å². The quantitative estimate of drug-likeness (QED) is 0.839. The lowest BCUT2D eigenvalue weighted by atomic mass is 9.83. The van der Waals surface area contributed by atoms with Gasteiger partial charge in [0.25, 0.3) is 5.56 Å². The second-order valence-electron chi connectivity index (χ2n) is 7.56. The van der Waals surface area contributed by atoms with Gasteiger partial charge >= 0.3 is 0 Å². The summed E-state index contributed by atoms with van der Waals surface area (Å²) >= 11 is 0. The van der Waals surface area contributed by atoms with Crippen LogP contribution in [0.3, 0.4) is 0 Å². The van der Waals surface area contributed by atoms with Crippen molar-refractivity contribution >= 4 is 0 Å². The van der Waals surface area contributed by atoms with Crippen molar-refractivity contribution < 1.29 is 14.6 Å². The summed E-state index contributed by atoms with van der Waals surface area (Å²) in [5, 5.41) is 10.4. The maximum absolute atomic E-state index is 12.1. The summed E-state index contributed by atoms with van der Waals surface area (Å²) in [5.41, 5.74) is 1.23. The van der Waals surface area contributed by atoms with Gasteiger partial charge in [-0.1, -0.05) is 6.07 Å². The Morgan fingerprint density at radius 1 is 1.11 bits per heavy atom. The molecular weight excluding hydrogens is 344 g/mol. The van der Waals surface area contributed by atoms with Crippen LogP contribution in [0.1, 0.15) is 18.0 Å². The van der Waals surface area contributed by atoms with E-state index in [-0.39, 0.29) is 12.2 Å². The van der Waals surface area contributed by atoms with Crippen molar-refractivity contribution in [3.8, 4) is 11.5 Å². The molecule has 3 heterocycles. The number of hydrogen-bond acceptors (Lipinski definition) is 5. The van der Waals surface area contributed by atoms with Crippen LogP contribution in [0.25, 0.3) is 0 Å². The molecule has 1 N–H and O–H groups in total. The van der Waals surface area contributed by atoms with Gasteiger partial charge in [-0.05, 0) is 42.7 Å². The van der Waals surface area contributed by atoms with Crippen LogP contribution >= 0.6 is 0 Å². The Labute approximate surface area is 158 Å². The second-order valence-corrected chi connectivity index (χ2v) is 7.56. The lowest BCUT2D eigenvalue weighted by Crippen LogP contribution is -2.49. The van der Waals surface area contributed by atoms with E-state index in [2.05, 4.69) is 11.0 Å². The summed E-state index contributed by atoms with van der Waals surface area (Å²) in [5.74, 6) is 2.33. The highest BCUT2D eigenvalue weighted by molar-refractivity contribution is 5.31. The van der Waals surface area contributed by atoms with E-state index in [0.29, 0.717) is 18.4 Å². The van der Waals surface area contributed by atoms with Crippen molar-refractivity contribution in [3.05, 3.63) is 58.5 Å². The summed E-state index contributed by atoms with van der Waals surface area (Å²) < 4.78 is 12.8. The van der Waals surface area contributed by atoms with Crippen LogP contribution in [0.2, 0.25) is 0 Å². The number of rotatable bonds is 6. The van der Waals surface area contributed by atoms with Crippen LogP contribution in [0.5, 0.6) is 11.5 Å². The summed E-state index contributed by atoms with van der Waals surface area (Å²) in [6.45, 7) is 3.41. The predicted octanol–water partition coefficient (Wildman–Crippen LogP) is 1.72.